The van der Waals surface area contributed by atoms with Crippen LogP contribution in [0.3, 0.4) is 0 Å². The summed E-state index contributed by atoms with van der Waals surface area (Å²) in [7, 11) is 2.20. The van der Waals surface area contributed by atoms with Crippen molar-refractivity contribution >= 4 is 34.7 Å². The van der Waals surface area contributed by atoms with Crippen LogP contribution in [0.25, 0.3) is 11.1 Å². The second kappa shape index (κ2) is 13.2. The number of fused-ring (bicyclic) bond motifs is 1. The zero-order valence-electron chi connectivity index (χ0n) is 23.0. The summed E-state index contributed by atoms with van der Waals surface area (Å²) in [5, 5.41) is 14.9. The molecule has 3 aromatic heterocycles. The van der Waals surface area contributed by atoms with E-state index in [9.17, 15) is 5.11 Å². The molecule has 0 amide bonds. The summed E-state index contributed by atoms with van der Waals surface area (Å²) in [6.07, 6.45) is 12.7. The standard InChI is InChI=1S/C27H33ClN6O2.C3H4O/c1-18(32-20-12-27(13-20)6-9-33(2)10-7-27)21(14-29)19-11-24(26-22(28)15-31-34(26)16-19)36-25(17-35)23-5-3-4-8-30-23;1-2-3-4/h3-5,8,11,14-16,20,25,35H,6-7,9-10,12-13,17,29H2,1-2H3;2-3H,1H2/b21-14+,32-18?;. The van der Waals surface area contributed by atoms with Crippen molar-refractivity contribution in [3.63, 3.8) is 0 Å². The number of likely N-dealkylation sites (tertiary alicyclic amines) is 1. The van der Waals surface area contributed by atoms with Crippen molar-refractivity contribution in [1.29, 1.82) is 0 Å². The van der Waals surface area contributed by atoms with E-state index in [1.54, 1.807) is 23.1 Å². The van der Waals surface area contributed by atoms with Gasteiger partial charge in [-0.1, -0.05) is 24.2 Å². The van der Waals surface area contributed by atoms with Gasteiger partial charge in [0.05, 0.1) is 29.6 Å². The van der Waals surface area contributed by atoms with Gasteiger partial charge in [-0.25, -0.2) is 4.52 Å². The minimum Gasteiger partial charge on any atom is -0.479 e. The molecule has 2 aliphatic rings. The molecule has 0 bridgehead atoms. The van der Waals surface area contributed by atoms with Gasteiger partial charge in [-0.15, -0.1) is 0 Å². The van der Waals surface area contributed by atoms with Crippen LogP contribution in [0.5, 0.6) is 5.75 Å². The molecule has 1 saturated heterocycles. The third kappa shape index (κ3) is 6.60. The van der Waals surface area contributed by atoms with Gasteiger partial charge in [0.1, 0.15) is 17.6 Å². The van der Waals surface area contributed by atoms with Gasteiger partial charge in [-0.3, -0.25) is 14.8 Å². The maximum atomic E-state index is 10.0. The number of hydrogen-bond acceptors (Lipinski definition) is 8. The van der Waals surface area contributed by atoms with Crippen LogP contribution in [-0.4, -0.2) is 69.4 Å². The number of hydrogen-bond donors (Lipinski definition) is 2. The van der Waals surface area contributed by atoms with Crippen LogP contribution in [0, 0.1) is 5.41 Å². The van der Waals surface area contributed by atoms with Crippen molar-refractivity contribution in [2.45, 2.75) is 44.8 Å². The maximum Gasteiger partial charge on any atom is 0.163 e. The Morgan fingerprint density at radius 2 is 2.10 bits per heavy atom. The summed E-state index contributed by atoms with van der Waals surface area (Å²) in [6.45, 7) is 7.22. The van der Waals surface area contributed by atoms with Crippen molar-refractivity contribution in [1.82, 2.24) is 19.5 Å². The van der Waals surface area contributed by atoms with Gasteiger partial charge in [0, 0.05) is 35.4 Å². The fourth-order valence-electron chi connectivity index (χ4n) is 5.50. The van der Waals surface area contributed by atoms with Crippen LogP contribution < -0.4 is 10.5 Å². The molecule has 40 heavy (non-hydrogen) atoms. The minimum absolute atomic E-state index is 0.238. The summed E-state index contributed by atoms with van der Waals surface area (Å²) < 4.78 is 7.92. The molecule has 1 atom stereocenters. The van der Waals surface area contributed by atoms with Gasteiger partial charge in [0.2, 0.25) is 0 Å². The number of nitrogens with two attached hydrogens (primary N) is 1. The third-order valence-corrected chi connectivity index (χ3v) is 7.99. The molecule has 4 heterocycles. The van der Waals surface area contributed by atoms with Crippen LogP contribution in [0.4, 0.5) is 0 Å². The van der Waals surface area contributed by atoms with Gasteiger partial charge < -0.3 is 20.5 Å². The van der Waals surface area contributed by atoms with E-state index in [0.717, 1.165) is 29.7 Å². The van der Waals surface area contributed by atoms with E-state index < -0.39 is 6.10 Å². The Labute approximate surface area is 240 Å². The molecule has 3 N–H and O–H groups in total. The zero-order valence-corrected chi connectivity index (χ0v) is 23.8. The Bertz CT molecular complexity index is 1360. The number of aliphatic hydroxyl groups excluding tert-OH is 1. The van der Waals surface area contributed by atoms with E-state index in [4.69, 9.17) is 31.9 Å². The van der Waals surface area contributed by atoms with Crippen molar-refractivity contribution in [2.75, 3.05) is 26.7 Å². The molecule has 1 saturated carbocycles. The molecule has 1 spiro atoms. The van der Waals surface area contributed by atoms with Gasteiger partial charge >= 0.3 is 0 Å². The van der Waals surface area contributed by atoms with E-state index in [0.29, 0.717) is 39.7 Å². The lowest BCUT2D eigenvalue weighted by molar-refractivity contribution is -0.104. The normalized spacial score (nSPS) is 18.5. The molecular weight excluding hydrogens is 528 g/mol. The predicted octanol–water partition coefficient (Wildman–Crippen LogP) is 4.50. The minimum atomic E-state index is -0.656. The molecule has 0 radical (unpaired) electrons. The Kier molecular flexibility index (Phi) is 9.73. The first-order valence-corrected chi connectivity index (χ1v) is 13.8. The van der Waals surface area contributed by atoms with E-state index in [-0.39, 0.29) is 6.61 Å². The van der Waals surface area contributed by atoms with Crippen molar-refractivity contribution in [2.24, 2.45) is 16.1 Å². The van der Waals surface area contributed by atoms with Crippen LogP contribution in [-0.2, 0) is 4.79 Å². The molecule has 1 unspecified atom stereocenters. The maximum absolute atomic E-state index is 10.0. The molecule has 212 valence electrons. The van der Waals surface area contributed by atoms with E-state index >= 15 is 0 Å². The molecule has 5 rings (SSSR count). The predicted molar refractivity (Wildman–Crippen MR) is 159 cm³/mol. The number of nitrogens with zero attached hydrogens (tertiary/aromatic N) is 5. The fourth-order valence-corrected chi connectivity index (χ4v) is 5.72. The molecule has 0 aromatic carbocycles. The molecule has 2 fully saturated rings. The summed E-state index contributed by atoms with van der Waals surface area (Å²) >= 11 is 6.45. The zero-order chi connectivity index (χ0) is 28.7. The van der Waals surface area contributed by atoms with E-state index in [1.807, 2.05) is 37.4 Å². The smallest absolute Gasteiger partial charge is 0.163 e. The van der Waals surface area contributed by atoms with Crippen molar-refractivity contribution < 1.29 is 14.6 Å². The SMILES string of the molecule is C=CC=O.CC(=NC1CC2(CCN(C)CC2)C1)/C(=C\N)c1cc(OC(CO)c2ccccn2)c2c(Cl)cnn2c1. The molecule has 1 aliphatic heterocycles. The van der Waals surface area contributed by atoms with Crippen molar-refractivity contribution in [3.05, 3.63) is 78.0 Å². The van der Waals surface area contributed by atoms with Crippen LogP contribution >= 0.6 is 11.6 Å². The number of piperidine rings is 1. The number of aliphatic imine (C=N–C) groups is 1. The first kappa shape index (κ1) is 29.5. The molecular formula is C30H37ClN6O3. The number of carbonyl (C=O) groups excluding carboxylic acids is 1. The van der Waals surface area contributed by atoms with Gasteiger partial charge in [-0.05, 0) is 82.4 Å². The van der Waals surface area contributed by atoms with Gasteiger partial charge in [0.25, 0.3) is 0 Å². The fraction of sp³-hybridized carbons (Fsp3) is 0.400. The first-order chi connectivity index (χ1) is 19.3. The largest absolute Gasteiger partial charge is 0.479 e. The highest BCUT2D eigenvalue weighted by Gasteiger charge is 2.45. The third-order valence-electron chi connectivity index (χ3n) is 7.71. The molecule has 1 aliphatic carbocycles. The number of aromatic nitrogens is 3. The number of halogens is 1. The highest BCUT2D eigenvalue weighted by atomic mass is 35.5. The van der Waals surface area contributed by atoms with Crippen LogP contribution in [0.2, 0.25) is 5.02 Å². The first-order valence-electron chi connectivity index (χ1n) is 13.4. The average Bonchev–Trinajstić information content (AvgIpc) is 3.33. The molecule has 10 heteroatoms. The average molecular weight is 565 g/mol. The summed E-state index contributed by atoms with van der Waals surface area (Å²) in [4.78, 5) is 20.8. The number of carbonyl (C=O) groups is 1. The number of ether oxygens (including phenoxy) is 1. The van der Waals surface area contributed by atoms with Crippen molar-refractivity contribution in [3.8, 4) is 5.75 Å². The second-order valence-electron chi connectivity index (χ2n) is 10.5. The lowest BCUT2D eigenvalue weighted by atomic mass is 9.60. The lowest BCUT2D eigenvalue weighted by Crippen LogP contribution is -2.47. The summed E-state index contributed by atoms with van der Waals surface area (Å²) in [5.74, 6) is 0.487. The number of aliphatic hydroxyl groups is 1. The Morgan fingerprint density at radius 3 is 2.70 bits per heavy atom. The molecule has 9 nitrogen and oxygen atoms in total. The van der Waals surface area contributed by atoms with Crippen LogP contribution in [0.1, 0.15) is 50.0 Å². The monoisotopic (exact) mass is 564 g/mol. The van der Waals surface area contributed by atoms with E-state index in [2.05, 4.69) is 28.6 Å². The Hall–Kier alpha value is -3.53. The highest BCUT2D eigenvalue weighted by molar-refractivity contribution is 6.34. The van der Waals surface area contributed by atoms with E-state index in [1.165, 1.54) is 32.0 Å². The number of aldehydes is 1. The second-order valence-corrected chi connectivity index (χ2v) is 10.9. The van der Waals surface area contributed by atoms with Crippen LogP contribution in [0.15, 0.2) is 66.7 Å². The quantitative estimate of drug-likeness (QED) is 0.235. The lowest BCUT2D eigenvalue weighted by Gasteiger charge is -2.50. The topological polar surface area (TPSA) is 118 Å². The summed E-state index contributed by atoms with van der Waals surface area (Å²) in [5.41, 5.74) is 10.3. The van der Waals surface area contributed by atoms with Gasteiger partial charge in [-0.2, -0.15) is 5.10 Å². The molecule has 3 aromatic rings. The Balaban J connectivity index is 0.000000867. The highest BCUT2D eigenvalue weighted by Crippen LogP contribution is 2.50. The van der Waals surface area contributed by atoms with Gasteiger partial charge in [0.15, 0.2) is 6.10 Å². The number of rotatable bonds is 8. The number of pyridine rings is 2. The summed E-state index contributed by atoms with van der Waals surface area (Å²) in [6, 6.07) is 7.70. The number of allylic oxidation sites excluding steroid dienone is 2. The Morgan fingerprint density at radius 1 is 1.38 bits per heavy atom.